The van der Waals surface area contributed by atoms with Crippen LogP contribution in [0.25, 0.3) is 16.7 Å². The number of carbonyl (C=O) groups is 3. The van der Waals surface area contributed by atoms with E-state index in [0.29, 0.717) is 28.5 Å². The number of ether oxygens (including phenoxy) is 1. The fourth-order valence-electron chi connectivity index (χ4n) is 8.15. The van der Waals surface area contributed by atoms with Gasteiger partial charge >= 0.3 is 6.03 Å². The molecule has 3 fully saturated rings. The molecule has 0 radical (unpaired) electrons. The van der Waals surface area contributed by atoms with Crippen molar-refractivity contribution >= 4 is 46.4 Å². The molecule has 0 atom stereocenters. The molecule has 59 heavy (non-hydrogen) atoms. The minimum Gasteiger partial charge on any atom is -0.474 e. The molecule has 3 amide bonds. The number of hydrogen-bond donors (Lipinski definition) is 2. The third-order valence-corrected chi connectivity index (χ3v) is 11.5. The van der Waals surface area contributed by atoms with Crippen LogP contribution in [0.5, 0.6) is 5.88 Å². The first kappa shape index (κ1) is 41.5. The van der Waals surface area contributed by atoms with Crippen LogP contribution < -0.4 is 25.8 Å². The SMILES string of the molecule is CC(C)Oc1nc2nc(C3CCCCC3)cn2cc1C(=O)Nc1cccn(C2CC2)c1=O.CNC(=O)N(CCC=O)c1nn(C)c2cc(C3CCN(C)CC3)c(F)cc12. The number of carbonyl (C=O) groups excluding carboxylic acids is 3. The normalized spacial score (nSPS) is 16.5. The zero-order valence-corrected chi connectivity index (χ0v) is 34.6. The molecule has 0 bridgehead atoms. The molecule has 4 aromatic heterocycles. The van der Waals surface area contributed by atoms with E-state index in [1.165, 1.54) is 37.3 Å². The van der Waals surface area contributed by atoms with Crippen molar-refractivity contribution in [3.05, 3.63) is 75.8 Å². The summed E-state index contributed by atoms with van der Waals surface area (Å²) < 4.78 is 26.0. The molecule has 2 N–H and O–H groups in total. The van der Waals surface area contributed by atoms with Gasteiger partial charge in [-0.2, -0.15) is 10.1 Å². The number of aromatic nitrogens is 6. The minimum atomic E-state index is -0.423. The van der Waals surface area contributed by atoms with Gasteiger partial charge < -0.3 is 29.6 Å². The average Bonchev–Trinajstić information content (AvgIpc) is 3.91. The Hall–Kier alpha value is -5.64. The second-order valence-corrected chi connectivity index (χ2v) is 16.2. The number of imidazole rings is 1. The highest BCUT2D eigenvalue weighted by Gasteiger charge is 2.28. The summed E-state index contributed by atoms with van der Waals surface area (Å²) >= 11 is 0. The van der Waals surface area contributed by atoms with E-state index in [1.807, 2.05) is 26.1 Å². The zero-order valence-electron chi connectivity index (χ0n) is 34.6. The second kappa shape index (κ2) is 18.1. The third kappa shape index (κ3) is 9.32. The molecule has 1 saturated heterocycles. The van der Waals surface area contributed by atoms with Crippen LogP contribution in [0.1, 0.15) is 118 Å². The van der Waals surface area contributed by atoms with Crippen LogP contribution in [0, 0.1) is 5.82 Å². The first-order valence-corrected chi connectivity index (χ1v) is 20.8. The molecule has 16 heteroatoms. The number of anilines is 2. The number of fused-ring (bicyclic) bond motifs is 2. The topological polar surface area (TPSA) is 161 Å². The Morgan fingerprint density at radius 1 is 1.02 bits per heavy atom. The number of likely N-dealkylation sites (tertiary alicyclic amines) is 1. The molecule has 8 rings (SSSR count). The predicted octanol–water partition coefficient (Wildman–Crippen LogP) is 6.57. The molecule has 2 saturated carbocycles. The quantitative estimate of drug-likeness (QED) is 0.141. The van der Waals surface area contributed by atoms with E-state index >= 15 is 0 Å². The van der Waals surface area contributed by atoms with Gasteiger partial charge in [-0.05, 0) is 108 Å². The van der Waals surface area contributed by atoms with Gasteiger partial charge in [0.2, 0.25) is 11.7 Å². The van der Waals surface area contributed by atoms with Crippen molar-refractivity contribution in [1.29, 1.82) is 0 Å². The highest BCUT2D eigenvalue weighted by atomic mass is 19.1. The van der Waals surface area contributed by atoms with Crippen LogP contribution in [0.3, 0.4) is 0 Å². The summed E-state index contributed by atoms with van der Waals surface area (Å²) in [6.07, 6.45) is 16.0. The monoisotopic (exact) mass is 810 g/mol. The largest absolute Gasteiger partial charge is 0.474 e. The number of aldehydes is 1. The number of aryl methyl sites for hydroxylation is 1. The summed E-state index contributed by atoms with van der Waals surface area (Å²) in [5.74, 6) is 1.05. The summed E-state index contributed by atoms with van der Waals surface area (Å²) in [6, 6.07) is 6.61. The van der Waals surface area contributed by atoms with Crippen molar-refractivity contribution in [1.82, 2.24) is 38.9 Å². The van der Waals surface area contributed by atoms with Gasteiger partial charge in [0.15, 0.2) is 5.82 Å². The first-order valence-electron chi connectivity index (χ1n) is 20.8. The van der Waals surface area contributed by atoms with Crippen molar-refractivity contribution in [2.24, 2.45) is 7.05 Å². The van der Waals surface area contributed by atoms with E-state index in [0.717, 1.165) is 69.1 Å². The number of nitrogens with zero attached hydrogens (tertiary/aromatic N) is 8. The van der Waals surface area contributed by atoms with E-state index in [2.05, 4.69) is 32.7 Å². The molecule has 15 nitrogen and oxygen atoms in total. The maximum Gasteiger partial charge on any atom is 0.322 e. The molecule has 1 aromatic carbocycles. The number of benzene rings is 1. The van der Waals surface area contributed by atoms with Crippen molar-refractivity contribution in [3.63, 3.8) is 0 Å². The Morgan fingerprint density at radius 3 is 2.44 bits per heavy atom. The molecular weight excluding hydrogens is 756 g/mol. The smallest absolute Gasteiger partial charge is 0.322 e. The second-order valence-electron chi connectivity index (χ2n) is 16.2. The van der Waals surface area contributed by atoms with Crippen molar-refractivity contribution < 1.29 is 23.5 Å². The molecule has 5 aromatic rings. The summed E-state index contributed by atoms with van der Waals surface area (Å²) in [5, 5.41) is 10.3. The lowest BCUT2D eigenvalue weighted by Crippen LogP contribution is -2.39. The number of piperidine rings is 1. The van der Waals surface area contributed by atoms with Crippen molar-refractivity contribution in [2.75, 3.05) is 43.9 Å². The average molecular weight is 811 g/mol. The number of rotatable bonds is 11. The van der Waals surface area contributed by atoms with Crippen LogP contribution in [-0.4, -0.2) is 91.7 Å². The Kier molecular flexibility index (Phi) is 12.7. The number of halogens is 1. The van der Waals surface area contributed by atoms with Gasteiger partial charge in [0.1, 0.15) is 23.4 Å². The van der Waals surface area contributed by atoms with Gasteiger partial charge in [-0.1, -0.05) is 19.3 Å². The summed E-state index contributed by atoms with van der Waals surface area (Å²) in [4.78, 5) is 61.9. The molecular formula is C43H55FN10O5. The maximum absolute atomic E-state index is 15.0. The van der Waals surface area contributed by atoms with Crippen LogP contribution >= 0.6 is 0 Å². The van der Waals surface area contributed by atoms with E-state index in [-0.39, 0.29) is 65.6 Å². The first-order chi connectivity index (χ1) is 28.4. The van der Waals surface area contributed by atoms with Crippen LogP contribution in [0.4, 0.5) is 20.7 Å². The summed E-state index contributed by atoms with van der Waals surface area (Å²) in [6.45, 7) is 5.87. The molecule has 2 aliphatic carbocycles. The molecule has 1 aliphatic heterocycles. The minimum absolute atomic E-state index is 0.159. The third-order valence-electron chi connectivity index (χ3n) is 11.5. The number of urea groups is 1. The Labute approximate surface area is 342 Å². The highest BCUT2D eigenvalue weighted by Crippen LogP contribution is 2.36. The number of pyridine rings is 1. The highest BCUT2D eigenvalue weighted by molar-refractivity contribution is 6.05. The van der Waals surface area contributed by atoms with E-state index < -0.39 is 5.91 Å². The fraction of sp³-hybridized carbons (Fsp3) is 0.512. The van der Waals surface area contributed by atoms with Gasteiger partial charge in [0.05, 0.1) is 17.3 Å². The fourth-order valence-corrected chi connectivity index (χ4v) is 8.15. The number of amides is 3. The molecule has 314 valence electrons. The standard InChI is InChI=1S/C24H29N5O3.C19H26FN5O2/c1-15(2)32-22-18(21(30)25-19-9-6-12-29(23(19)31)17-10-11-17)13-28-14-20(26-24(28)27-22)16-7-4-3-5-8-16;1-21-19(27)25(7-4-10-26)18-15-11-16(20)14(12-17(15)24(3)22-18)13-5-8-23(2)9-6-13/h6,9,12-17H,3-5,7-8,10-11H2,1-2H3,(H,25,30);10-13H,4-9H2,1-3H3,(H,21,27). The van der Waals surface area contributed by atoms with Crippen LogP contribution in [0.15, 0.2) is 47.7 Å². The van der Waals surface area contributed by atoms with Gasteiger partial charge in [0, 0.05) is 63.0 Å². The van der Waals surface area contributed by atoms with Gasteiger partial charge in [-0.25, -0.2) is 14.2 Å². The maximum atomic E-state index is 15.0. The van der Waals surface area contributed by atoms with Gasteiger partial charge in [-0.15, -0.1) is 0 Å². The lowest BCUT2D eigenvalue weighted by molar-refractivity contribution is -0.107. The Balaban J connectivity index is 0.000000182. The lowest BCUT2D eigenvalue weighted by atomic mass is 9.87. The van der Waals surface area contributed by atoms with Crippen molar-refractivity contribution in [2.45, 2.75) is 102 Å². The van der Waals surface area contributed by atoms with E-state index in [9.17, 15) is 23.6 Å². The molecule has 0 spiro atoms. The molecule has 0 unspecified atom stereocenters. The Bertz CT molecular complexity index is 2370. The zero-order chi connectivity index (χ0) is 41.8. The van der Waals surface area contributed by atoms with E-state index in [4.69, 9.17) is 9.72 Å². The summed E-state index contributed by atoms with van der Waals surface area (Å²) in [5.41, 5.74) is 2.85. The number of hydrogen-bond acceptors (Lipinski definition) is 9. The van der Waals surface area contributed by atoms with E-state index in [1.54, 1.807) is 45.2 Å². The number of nitrogens with one attached hydrogen (secondary N) is 2. The van der Waals surface area contributed by atoms with Gasteiger partial charge in [0.25, 0.3) is 11.5 Å². The predicted molar refractivity (Wildman–Crippen MR) is 224 cm³/mol. The molecule has 5 heterocycles. The Morgan fingerprint density at radius 2 is 1.76 bits per heavy atom. The van der Waals surface area contributed by atoms with Crippen molar-refractivity contribution in [3.8, 4) is 5.88 Å². The lowest BCUT2D eigenvalue weighted by Gasteiger charge is -2.29. The van der Waals surface area contributed by atoms with Crippen LogP contribution in [0.2, 0.25) is 0 Å². The van der Waals surface area contributed by atoms with Crippen LogP contribution in [-0.2, 0) is 11.8 Å². The van der Waals surface area contributed by atoms with Gasteiger partial charge in [-0.3, -0.25) is 23.6 Å². The molecule has 3 aliphatic rings. The summed E-state index contributed by atoms with van der Waals surface area (Å²) in [7, 11) is 5.37.